The van der Waals surface area contributed by atoms with Crippen LogP contribution in [0.15, 0.2) is 12.7 Å². The molecule has 0 radical (unpaired) electrons. The molecule has 1 nitrogen and oxygen atoms in total. The van der Waals surface area contributed by atoms with E-state index in [4.69, 9.17) is 0 Å². The van der Waals surface area contributed by atoms with E-state index in [1.807, 2.05) is 13.8 Å². The number of hydrogen-bond acceptors (Lipinski definition) is 2. The van der Waals surface area contributed by atoms with Crippen LogP contribution in [0.5, 0.6) is 0 Å². The fraction of sp³-hybridized carbons (Fsp3) is 0.500. The lowest BCUT2D eigenvalue weighted by atomic mass is 10.6. The Bertz CT molecular complexity index is 96.7. The van der Waals surface area contributed by atoms with Gasteiger partial charge in [-0.25, -0.2) is 0 Å². The van der Waals surface area contributed by atoms with Crippen molar-refractivity contribution in [3.8, 4) is 0 Å². The Balaban J connectivity index is 3.39. The van der Waals surface area contributed by atoms with E-state index in [0.29, 0.717) is 5.25 Å². The monoisotopic (exact) mass is 130 g/mol. The van der Waals surface area contributed by atoms with Crippen LogP contribution in [0.1, 0.15) is 13.8 Å². The van der Waals surface area contributed by atoms with E-state index in [-0.39, 0.29) is 5.12 Å². The van der Waals surface area contributed by atoms with E-state index in [2.05, 4.69) is 6.58 Å². The fourth-order valence-corrected chi connectivity index (χ4v) is 0.841. The number of hydrogen-bond donors (Lipinski definition) is 0. The van der Waals surface area contributed by atoms with E-state index in [1.54, 1.807) is 0 Å². The van der Waals surface area contributed by atoms with Crippen molar-refractivity contribution < 1.29 is 4.79 Å². The largest absolute Gasteiger partial charge is 0.282 e. The molecule has 2 heteroatoms. The van der Waals surface area contributed by atoms with Gasteiger partial charge in [0.25, 0.3) is 0 Å². The molecule has 0 unspecified atom stereocenters. The summed E-state index contributed by atoms with van der Waals surface area (Å²) in [5.74, 6) is 0. The van der Waals surface area contributed by atoms with Gasteiger partial charge < -0.3 is 0 Å². The molecule has 0 aliphatic rings. The second-order valence-electron chi connectivity index (χ2n) is 1.69. The SMILES string of the molecule is C=CC(=O)SC(C)C. The molecule has 0 spiro atoms. The van der Waals surface area contributed by atoms with Crippen LogP contribution in [-0.4, -0.2) is 10.4 Å². The molecule has 0 atom stereocenters. The summed E-state index contributed by atoms with van der Waals surface area (Å²) in [5, 5.41) is 0.431. The summed E-state index contributed by atoms with van der Waals surface area (Å²) in [6.07, 6.45) is 1.34. The highest BCUT2D eigenvalue weighted by molar-refractivity contribution is 8.14. The summed E-state index contributed by atoms with van der Waals surface area (Å²) >= 11 is 1.30. The Morgan fingerprint density at radius 2 is 2.25 bits per heavy atom. The molecular formula is C6H10OS. The summed E-state index contributed by atoms with van der Waals surface area (Å²) in [5.41, 5.74) is 0. The summed E-state index contributed by atoms with van der Waals surface area (Å²) in [6.45, 7) is 7.30. The highest BCUT2D eigenvalue weighted by atomic mass is 32.2. The Hall–Kier alpha value is -0.240. The molecule has 0 bridgehead atoms. The van der Waals surface area contributed by atoms with Crippen molar-refractivity contribution in [2.75, 3.05) is 0 Å². The van der Waals surface area contributed by atoms with Crippen molar-refractivity contribution in [3.05, 3.63) is 12.7 Å². The average molecular weight is 130 g/mol. The molecule has 0 saturated heterocycles. The fourth-order valence-electron chi connectivity index (χ4n) is 0.280. The molecule has 0 aromatic carbocycles. The Labute approximate surface area is 54.2 Å². The van der Waals surface area contributed by atoms with Crippen molar-refractivity contribution in [3.63, 3.8) is 0 Å². The average Bonchev–Trinajstić information content (AvgIpc) is 1.65. The molecule has 46 valence electrons. The third-order valence-electron chi connectivity index (χ3n) is 0.519. The molecule has 0 aliphatic carbocycles. The Kier molecular flexibility index (Phi) is 3.61. The van der Waals surface area contributed by atoms with Crippen molar-refractivity contribution in [1.29, 1.82) is 0 Å². The molecular weight excluding hydrogens is 120 g/mol. The first-order valence-electron chi connectivity index (χ1n) is 2.50. The third-order valence-corrected chi connectivity index (χ3v) is 1.39. The van der Waals surface area contributed by atoms with Gasteiger partial charge >= 0.3 is 0 Å². The van der Waals surface area contributed by atoms with E-state index < -0.39 is 0 Å². The zero-order valence-electron chi connectivity index (χ0n) is 5.18. The van der Waals surface area contributed by atoms with Gasteiger partial charge in [-0.05, 0) is 6.08 Å². The van der Waals surface area contributed by atoms with Crippen LogP contribution in [0.2, 0.25) is 0 Å². The Morgan fingerprint density at radius 3 is 2.38 bits per heavy atom. The number of carbonyl (C=O) groups is 1. The lowest BCUT2D eigenvalue weighted by Gasteiger charge is -1.96. The first kappa shape index (κ1) is 7.76. The highest BCUT2D eigenvalue weighted by Crippen LogP contribution is 2.09. The number of carbonyl (C=O) groups excluding carboxylic acids is 1. The van der Waals surface area contributed by atoms with Gasteiger partial charge in [0.05, 0.1) is 0 Å². The van der Waals surface area contributed by atoms with Gasteiger partial charge in [0.1, 0.15) is 0 Å². The summed E-state index contributed by atoms with van der Waals surface area (Å²) in [6, 6.07) is 0. The predicted octanol–water partition coefficient (Wildman–Crippen LogP) is 1.84. The van der Waals surface area contributed by atoms with Gasteiger partial charge in [-0.3, -0.25) is 4.79 Å². The lowest BCUT2D eigenvalue weighted by molar-refractivity contribution is -0.107. The van der Waals surface area contributed by atoms with Crippen LogP contribution in [-0.2, 0) is 4.79 Å². The quantitative estimate of drug-likeness (QED) is 0.530. The Morgan fingerprint density at radius 1 is 1.75 bits per heavy atom. The third kappa shape index (κ3) is 3.93. The van der Waals surface area contributed by atoms with E-state index >= 15 is 0 Å². The van der Waals surface area contributed by atoms with Crippen LogP contribution in [0.4, 0.5) is 0 Å². The van der Waals surface area contributed by atoms with Crippen LogP contribution in [0.25, 0.3) is 0 Å². The van der Waals surface area contributed by atoms with Crippen LogP contribution >= 0.6 is 11.8 Å². The molecule has 8 heavy (non-hydrogen) atoms. The van der Waals surface area contributed by atoms with E-state index in [9.17, 15) is 4.79 Å². The maximum Gasteiger partial charge on any atom is 0.211 e. The second kappa shape index (κ2) is 3.72. The molecule has 0 amide bonds. The molecule has 0 N–H and O–H groups in total. The van der Waals surface area contributed by atoms with Gasteiger partial charge in [-0.15, -0.1) is 0 Å². The van der Waals surface area contributed by atoms with Crippen LogP contribution < -0.4 is 0 Å². The van der Waals surface area contributed by atoms with Crippen LogP contribution in [0.3, 0.4) is 0 Å². The molecule has 0 rings (SSSR count). The molecule has 0 saturated carbocycles. The van der Waals surface area contributed by atoms with Crippen molar-refractivity contribution in [2.24, 2.45) is 0 Å². The maximum absolute atomic E-state index is 10.5. The lowest BCUT2D eigenvalue weighted by Crippen LogP contribution is -1.92. The molecule has 0 aromatic heterocycles. The number of thioether (sulfide) groups is 1. The zero-order chi connectivity index (χ0) is 6.57. The zero-order valence-corrected chi connectivity index (χ0v) is 5.99. The summed E-state index contributed by atoms with van der Waals surface area (Å²) in [4.78, 5) is 10.5. The van der Waals surface area contributed by atoms with E-state index in [0.717, 1.165) is 0 Å². The first-order valence-corrected chi connectivity index (χ1v) is 3.38. The first-order chi connectivity index (χ1) is 3.66. The summed E-state index contributed by atoms with van der Waals surface area (Å²) in [7, 11) is 0. The van der Waals surface area contributed by atoms with E-state index in [1.165, 1.54) is 17.8 Å². The number of rotatable bonds is 2. The van der Waals surface area contributed by atoms with Gasteiger partial charge in [0.15, 0.2) is 0 Å². The minimum atomic E-state index is 0.0556. The minimum Gasteiger partial charge on any atom is -0.282 e. The predicted molar refractivity (Wildman–Crippen MR) is 37.9 cm³/mol. The highest BCUT2D eigenvalue weighted by Gasteiger charge is 1.98. The molecule has 0 aliphatic heterocycles. The molecule has 0 aromatic rings. The summed E-state index contributed by atoms with van der Waals surface area (Å²) < 4.78 is 0. The minimum absolute atomic E-state index is 0.0556. The molecule has 0 heterocycles. The van der Waals surface area contributed by atoms with Gasteiger partial charge in [0.2, 0.25) is 5.12 Å². The van der Waals surface area contributed by atoms with Gasteiger partial charge in [-0.2, -0.15) is 0 Å². The normalized spacial score (nSPS) is 9.38. The molecule has 0 fully saturated rings. The standard InChI is InChI=1S/C6H10OS/c1-4-6(7)8-5(2)3/h4-5H,1H2,2-3H3. The topological polar surface area (TPSA) is 17.1 Å². The maximum atomic E-state index is 10.5. The van der Waals surface area contributed by atoms with Crippen molar-refractivity contribution in [2.45, 2.75) is 19.1 Å². The van der Waals surface area contributed by atoms with Gasteiger partial charge in [0, 0.05) is 5.25 Å². The van der Waals surface area contributed by atoms with Gasteiger partial charge in [-0.1, -0.05) is 32.2 Å². The second-order valence-corrected chi connectivity index (χ2v) is 3.27. The van der Waals surface area contributed by atoms with Crippen LogP contribution in [0, 0.1) is 0 Å². The smallest absolute Gasteiger partial charge is 0.211 e. The van der Waals surface area contributed by atoms with Crippen molar-refractivity contribution in [1.82, 2.24) is 0 Å². The van der Waals surface area contributed by atoms with Crippen molar-refractivity contribution >= 4 is 16.9 Å².